The lowest BCUT2D eigenvalue weighted by Crippen LogP contribution is -2.30. The van der Waals surface area contributed by atoms with Gasteiger partial charge in [0.15, 0.2) is 0 Å². The number of hydrogen-bond donors (Lipinski definition) is 1. The smallest absolute Gasteiger partial charge is 0.287 e. The summed E-state index contributed by atoms with van der Waals surface area (Å²) in [4.78, 5) is 24.2. The Balaban J connectivity index is 1.14. The number of unbranched alkanes of at least 4 members (excludes halogenated alkanes) is 2. The fourth-order valence-electron chi connectivity index (χ4n) is 3.47. The van der Waals surface area contributed by atoms with E-state index in [1.807, 2.05) is 30.3 Å². The number of halogens is 2. The second-order valence-electron chi connectivity index (χ2n) is 8.31. The Hall–Kier alpha value is -4.60. The molecule has 0 atom stereocenters. The van der Waals surface area contributed by atoms with Crippen molar-refractivity contribution in [3.8, 4) is 28.7 Å². The van der Waals surface area contributed by atoms with Crippen molar-refractivity contribution in [1.82, 2.24) is 15.5 Å². The normalized spacial score (nSPS) is 10.7. The summed E-state index contributed by atoms with van der Waals surface area (Å²) in [5, 5.41) is 10.4. The van der Waals surface area contributed by atoms with Crippen LogP contribution in [0.5, 0.6) is 17.2 Å². The number of para-hydroxylation sites is 1. The molecule has 8 nitrogen and oxygen atoms in total. The number of nitrogens with zero attached hydrogens (tertiary/aromatic N) is 2. The molecule has 0 aliphatic heterocycles. The lowest BCUT2D eigenvalue weighted by Gasteiger charge is -2.06. The number of ether oxygens (including phenoxy) is 2. The number of carbonyl (C=O) groups excluding carboxylic acids is 2. The molecular formula is C28H25F2N3O5. The molecule has 0 spiro atoms. The van der Waals surface area contributed by atoms with Gasteiger partial charge in [-0.05, 0) is 55.7 Å². The SMILES string of the molecule is O=C(CCCCCOc1cc(F)cc(F)c1)C(=O)NCc1nnc(-c2ccc(Oc3ccccc3)cc2)o1. The quantitative estimate of drug-likeness (QED) is 0.180. The third-order valence-corrected chi connectivity index (χ3v) is 5.35. The second-order valence-corrected chi connectivity index (χ2v) is 8.31. The maximum absolute atomic E-state index is 13.1. The molecule has 0 saturated carbocycles. The average Bonchev–Trinajstić information content (AvgIpc) is 3.39. The van der Waals surface area contributed by atoms with Gasteiger partial charge in [0.2, 0.25) is 17.6 Å². The molecular weight excluding hydrogens is 496 g/mol. The fraction of sp³-hybridized carbons (Fsp3) is 0.214. The van der Waals surface area contributed by atoms with Crippen LogP contribution in [0.1, 0.15) is 31.6 Å². The third-order valence-electron chi connectivity index (χ3n) is 5.35. The second kappa shape index (κ2) is 13.1. The molecule has 0 radical (unpaired) electrons. The highest BCUT2D eigenvalue weighted by atomic mass is 19.1. The van der Waals surface area contributed by atoms with E-state index in [0.29, 0.717) is 30.6 Å². The topological polar surface area (TPSA) is 104 Å². The van der Waals surface area contributed by atoms with E-state index >= 15 is 0 Å². The summed E-state index contributed by atoms with van der Waals surface area (Å²) in [6.45, 7) is 0.163. The van der Waals surface area contributed by atoms with Gasteiger partial charge in [0.05, 0.1) is 13.2 Å². The largest absolute Gasteiger partial charge is 0.493 e. The van der Waals surface area contributed by atoms with E-state index in [1.54, 1.807) is 24.3 Å². The number of hydrogen-bond acceptors (Lipinski definition) is 7. The molecule has 0 saturated heterocycles. The number of carbonyl (C=O) groups is 2. The summed E-state index contributed by atoms with van der Waals surface area (Å²) >= 11 is 0. The van der Waals surface area contributed by atoms with Crippen LogP contribution in [0.3, 0.4) is 0 Å². The molecule has 0 aliphatic rings. The first-order valence-corrected chi connectivity index (χ1v) is 12.0. The van der Waals surface area contributed by atoms with Crippen molar-refractivity contribution in [2.75, 3.05) is 6.61 Å². The van der Waals surface area contributed by atoms with Gasteiger partial charge >= 0.3 is 0 Å². The minimum Gasteiger partial charge on any atom is -0.493 e. The van der Waals surface area contributed by atoms with Crippen LogP contribution in [-0.4, -0.2) is 28.5 Å². The average molecular weight is 522 g/mol. The van der Waals surface area contributed by atoms with Crippen molar-refractivity contribution < 1.29 is 32.3 Å². The van der Waals surface area contributed by atoms with Crippen LogP contribution in [-0.2, 0) is 16.1 Å². The van der Waals surface area contributed by atoms with Gasteiger partial charge in [-0.25, -0.2) is 8.78 Å². The number of amides is 1. The Kier molecular flexibility index (Phi) is 9.12. The Bertz CT molecular complexity index is 1340. The van der Waals surface area contributed by atoms with E-state index in [1.165, 1.54) is 0 Å². The maximum Gasteiger partial charge on any atom is 0.287 e. The van der Waals surface area contributed by atoms with Crippen molar-refractivity contribution in [3.63, 3.8) is 0 Å². The van der Waals surface area contributed by atoms with E-state index in [9.17, 15) is 18.4 Å². The van der Waals surface area contributed by atoms with E-state index < -0.39 is 23.3 Å². The van der Waals surface area contributed by atoms with Gasteiger partial charge in [0.25, 0.3) is 5.91 Å². The number of nitrogens with one attached hydrogen (secondary N) is 1. The Morgan fingerprint density at radius 2 is 1.53 bits per heavy atom. The van der Waals surface area contributed by atoms with Crippen LogP contribution in [0, 0.1) is 11.6 Å². The molecule has 10 heteroatoms. The van der Waals surface area contributed by atoms with Crippen molar-refractivity contribution in [2.24, 2.45) is 0 Å². The van der Waals surface area contributed by atoms with Crippen LogP contribution in [0.25, 0.3) is 11.5 Å². The molecule has 0 unspecified atom stereocenters. The Morgan fingerprint density at radius 3 is 2.26 bits per heavy atom. The zero-order chi connectivity index (χ0) is 26.7. The minimum atomic E-state index is -0.737. The summed E-state index contributed by atoms with van der Waals surface area (Å²) in [5.74, 6) is -0.806. The van der Waals surface area contributed by atoms with Crippen LogP contribution in [0.4, 0.5) is 8.78 Å². The van der Waals surface area contributed by atoms with E-state index in [4.69, 9.17) is 13.9 Å². The summed E-state index contributed by atoms with van der Waals surface area (Å²) in [6, 6.07) is 19.5. The lowest BCUT2D eigenvalue weighted by molar-refractivity contribution is -0.138. The first-order chi connectivity index (χ1) is 18.5. The van der Waals surface area contributed by atoms with Crippen molar-refractivity contribution in [2.45, 2.75) is 32.2 Å². The summed E-state index contributed by atoms with van der Waals surface area (Å²) < 4.78 is 42.9. The van der Waals surface area contributed by atoms with Gasteiger partial charge in [-0.15, -0.1) is 10.2 Å². The lowest BCUT2D eigenvalue weighted by atomic mass is 10.1. The van der Waals surface area contributed by atoms with Crippen LogP contribution < -0.4 is 14.8 Å². The van der Waals surface area contributed by atoms with Crippen LogP contribution in [0.15, 0.2) is 77.2 Å². The van der Waals surface area contributed by atoms with Gasteiger partial charge in [0.1, 0.15) is 28.9 Å². The Labute approximate surface area is 217 Å². The predicted octanol–water partition coefficient (Wildman–Crippen LogP) is 5.63. The molecule has 38 heavy (non-hydrogen) atoms. The van der Waals surface area contributed by atoms with Gasteiger partial charge in [-0.3, -0.25) is 9.59 Å². The first-order valence-electron chi connectivity index (χ1n) is 12.0. The highest BCUT2D eigenvalue weighted by Crippen LogP contribution is 2.25. The number of Topliss-reactive ketones (excluding diaryl/α,β-unsaturated/α-hetero) is 1. The molecule has 4 rings (SSSR count). The van der Waals surface area contributed by atoms with Crippen molar-refractivity contribution in [1.29, 1.82) is 0 Å². The highest BCUT2D eigenvalue weighted by molar-refractivity contribution is 6.36. The zero-order valence-corrected chi connectivity index (χ0v) is 20.4. The highest BCUT2D eigenvalue weighted by Gasteiger charge is 2.15. The number of benzene rings is 3. The van der Waals surface area contributed by atoms with Crippen molar-refractivity contribution in [3.05, 3.63) is 90.3 Å². The molecule has 1 heterocycles. The van der Waals surface area contributed by atoms with Crippen LogP contribution >= 0.6 is 0 Å². The minimum absolute atomic E-state index is 0.0624. The third kappa shape index (κ3) is 7.95. The zero-order valence-electron chi connectivity index (χ0n) is 20.4. The van der Waals surface area contributed by atoms with Crippen molar-refractivity contribution >= 4 is 11.7 Å². The fourth-order valence-corrected chi connectivity index (χ4v) is 3.47. The monoisotopic (exact) mass is 521 g/mol. The van der Waals surface area contributed by atoms with Gasteiger partial charge in [0, 0.05) is 30.2 Å². The molecule has 0 fully saturated rings. The molecule has 0 aliphatic carbocycles. The number of ketones is 1. The Morgan fingerprint density at radius 1 is 0.816 bits per heavy atom. The summed E-state index contributed by atoms with van der Waals surface area (Å²) in [6.07, 6.45) is 1.71. The van der Waals surface area contributed by atoms with Gasteiger partial charge in [-0.1, -0.05) is 18.2 Å². The number of rotatable bonds is 13. The molecule has 1 N–H and O–H groups in total. The van der Waals surface area contributed by atoms with Gasteiger partial charge < -0.3 is 19.2 Å². The summed E-state index contributed by atoms with van der Waals surface area (Å²) in [5.41, 5.74) is 0.679. The predicted molar refractivity (Wildman–Crippen MR) is 133 cm³/mol. The molecule has 4 aromatic rings. The molecule has 1 amide bonds. The van der Waals surface area contributed by atoms with Crippen LogP contribution in [0.2, 0.25) is 0 Å². The molecule has 0 bridgehead atoms. The molecule has 3 aromatic carbocycles. The van der Waals surface area contributed by atoms with E-state index in [0.717, 1.165) is 23.9 Å². The maximum atomic E-state index is 13.1. The molecule has 1 aromatic heterocycles. The van der Waals surface area contributed by atoms with Gasteiger partial charge in [-0.2, -0.15) is 0 Å². The summed E-state index contributed by atoms with van der Waals surface area (Å²) in [7, 11) is 0. The number of aromatic nitrogens is 2. The first kappa shape index (κ1) is 26.5. The molecule has 196 valence electrons. The standard InChI is InChI=1S/C28H25F2N3O5/c29-20-15-21(30)17-24(16-20)36-14-6-2-5-9-25(34)27(35)31-18-26-32-33-28(38-26)19-10-12-23(13-11-19)37-22-7-3-1-4-8-22/h1,3-4,7-8,10-13,15-17H,2,5-6,9,14,18H2,(H,31,35). The van der Waals surface area contributed by atoms with E-state index in [2.05, 4.69) is 15.5 Å². The van der Waals surface area contributed by atoms with E-state index in [-0.39, 0.29) is 37.1 Å².